The summed E-state index contributed by atoms with van der Waals surface area (Å²) in [6.45, 7) is 7.23. The standard InChI is InChI=1S/C36H51N3O5/c1-4-5-6-7-8-9-10-11-12-13-14-15-16-17-18-21-26-37-32-23-20-19-22-31(32)35(2,3)36(37)25-24-29-27-30(38(40)41)28-33(39(42)43)34(29)44-36/h19-20,22-25,27-28H,4-18,21,26H2,1-3H3. The van der Waals surface area contributed by atoms with Crippen molar-refractivity contribution in [2.75, 3.05) is 11.4 Å². The number of anilines is 1. The van der Waals surface area contributed by atoms with Gasteiger partial charge >= 0.3 is 5.69 Å². The van der Waals surface area contributed by atoms with E-state index in [1.165, 1.54) is 96.0 Å². The molecule has 2 aliphatic rings. The molecule has 0 bridgehead atoms. The van der Waals surface area contributed by atoms with Crippen molar-refractivity contribution < 1.29 is 14.6 Å². The number of fused-ring (bicyclic) bond motifs is 2. The van der Waals surface area contributed by atoms with Crippen molar-refractivity contribution in [1.82, 2.24) is 0 Å². The minimum Gasteiger partial charge on any atom is -0.456 e. The Morgan fingerprint density at radius 2 is 1.30 bits per heavy atom. The average molecular weight is 606 g/mol. The highest BCUT2D eigenvalue weighted by Gasteiger charge is 2.59. The molecule has 0 amide bonds. The van der Waals surface area contributed by atoms with E-state index in [0.717, 1.165) is 36.7 Å². The molecule has 44 heavy (non-hydrogen) atoms. The third-order valence-corrected chi connectivity index (χ3v) is 9.64. The summed E-state index contributed by atoms with van der Waals surface area (Å²) >= 11 is 0. The van der Waals surface area contributed by atoms with Crippen LogP contribution in [0.3, 0.4) is 0 Å². The topological polar surface area (TPSA) is 98.8 Å². The largest absolute Gasteiger partial charge is 0.456 e. The highest BCUT2D eigenvalue weighted by molar-refractivity contribution is 5.76. The Hall–Kier alpha value is -3.42. The van der Waals surface area contributed by atoms with Gasteiger partial charge in [-0.2, -0.15) is 0 Å². The number of para-hydroxylation sites is 1. The number of hydrogen-bond donors (Lipinski definition) is 0. The summed E-state index contributed by atoms with van der Waals surface area (Å²) in [7, 11) is 0. The molecule has 0 radical (unpaired) electrons. The van der Waals surface area contributed by atoms with Crippen molar-refractivity contribution in [1.29, 1.82) is 0 Å². The predicted molar refractivity (Wildman–Crippen MR) is 179 cm³/mol. The molecule has 8 heteroatoms. The van der Waals surface area contributed by atoms with Crippen molar-refractivity contribution in [3.63, 3.8) is 0 Å². The van der Waals surface area contributed by atoms with Crippen molar-refractivity contribution in [3.05, 3.63) is 73.8 Å². The van der Waals surface area contributed by atoms with Crippen molar-refractivity contribution in [2.45, 2.75) is 135 Å². The summed E-state index contributed by atoms with van der Waals surface area (Å²) in [6, 6.07) is 10.6. The van der Waals surface area contributed by atoms with Crippen LogP contribution in [0.15, 0.2) is 42.5 Å². The van der Waals surface area contributed by atoms with Gasteiger partial charge in [0, 0.05) is 23.9 Å². The van der Waals surface area contributed by atoms with E-state index in [1.807, 2.05) is 18.2 Å². The molecule has 2 aromatic rings. The highest BCUT2D eigenvalue weighted by Crippen LogP contribution is 2.56. The van der Waals surface area contributed by atoms with E-state index in [9.17, 15) is 20.2 Å². The second-order valence-electron chi connectivity index (χ2n) is 13.1. The molecule has 1 spiro atoms. The lowest BCUT2D eigenvalue weighted by Gasteiger charge is -2.47. The van der Waals surface area contributed by atoms with Crippen LogP contribution >= 0.6 is 0 Å². The SMILES string of the molecule is CCCCCCCCCCCCCCCCCCN1c2ccccc2C(C)(C)C12C=Cc1cc([N+](=O)[O-])cc([N+](=O)[O-])c1O2. The van der Waals surface area contributed by atoms with Crippen LogP contribution in [-0.2, 0) is 5.41 Å². The molecule has 0 aromatic heterocycles. The lowest BCUT2D eigenvalue weighted by Crippen LogP contribution is -2.59. The van der Waals surface area contributed by atoms with E-state index < -0.39 is 21.0 Å². The highest BCUT2D eigenvalue weighted by atomic mass is 16.6. The van der Waals surface area contributed by atoms with Crippen molar-refractivity contribution >= 4 is 23.1 Å². The number of nitrogens with zero attached hydrogens (tertiary/aromatic N) is 3. The molecule has 0 aliphatic carbocycles. The van der Waals surface area contributed by atoms with Gasteiger partial charge in [-0.15, -0.1) is 0 Å². The Morgan fingerprint density at radius 1 is 0.750 bits per heavy atom. The quantitative estimate of drug-likeness (QED) is 0.0897. The molecule has 0 saturated heterocycles. The van der Waals surface area contributed by atoms with E-state index in [0.29, 0.717) is 5.56 Å². The molecule has 8 nitrogen and oxygen atoms in total. The first-order valence-electron chi connectivity index (χ1n) is 16.9. The number of rotatable bonds is 19. The maximum Gasteiger partial charge on any atom is 0.318 e. The smallest absolute Gasteiger partial charge is 0.318 e. The van der Waals surface area contributed by atoms with Crippen LogP contribution in [-0.4, -0.2) is 22.1 Å². The predicted octanol–water partition coefficient (Wildman–Crippen LogP) is 10.7. The summed E-state index contributed by atoms with van der Waals surface area (Å²) in [5.41, 5.74) is 0.323. The molecule has 2 aliphatic heterocycles. The van der Waals surface area contributed by atoms with Crippen LogP contribution in [0.2, 0.25) is 0 Å². The zero-order valence-electron chi connectivity index (χ0n) is 27.0. The van der Waals surface area contributed by atoms with Crippen LogP contribution in [0.25, 0.3) is 6.08 Å². The first-order chi connectivity index (χ1) is 21.2. The van der Waals surface area contributed by atoms with Gasteiger partial charge in [0.05, 0.1) is 21.3 Å². The normalized spacial score (nSPS) is 17.8. The van der Waals surface area contributed by atoms with E-state index in [2.05, 4.69) is 37.8 Å². The van der Waals surface area contributed by atoms with Gasteiger partial charge in [0.25, 0.3) is 5.69 Å². The number of hydrogen-bond acceptors (Lipinski definition) is 6. The zero-order chi connectivity index (χ0) is 31.6. The number of nitro benzene ring substituents is 2. The fourth-order valence-electron chi connectivity index (χ4n) is 7.02. The molecule has 0 N–H and O–H groups in total. The van der Waals surface area contributed by atoms with Gasteiger partial charge in [0.1, 0.15) is 0 Å². The minimum atomic E-state index is -0.986. The zero-order valence-corrected chi connectivity index (χ0v) is 27.0. The molecule has 0 fully saturated rings. The fourth-order valence-corrected chi connectivity index (χ4v) is 7.02. The Balaban J connectivity index is 1.30. The summed E-state index contributed by atoms with van der Waals surface area (Å²) in [6.07, 6.45) is 24.6. The van der Waals surface area contributed by atoms with Crippen LogP contribution in [0.1, 0.15) is 135 Å². The Morgan fingerprint density at radius 3 is 1.84 bits per heavy atom. The van der Waals surface area contributed by atoms with Gasteiger partial charge in [0.15, 0.2) is 0 Å². The first kappa shape index (κ1) is 33.5. The molecular formula is C36H51N3O5. The maximum absolute atomic E-state index is 12.0. The number of unbranched alkanes of at least 4 members (excludes halogenated alkanes) is 15. The van der Waals surface area contributed by atoms with Gasteiger partial charge < -0.3 is 9.64 Å². The van der Waals surface area contributed by atoms with Gasteiger partial charge in [-0.3, -0.25) is 20.2 Å². The van der Waals surface area contributed by atoms with Crippen molar-refractivity contribution in [3.8, 4) is 5.75 Å². The molecule has 1 atom stereocenters. The molecule has 2 heterocycles. The Kier molecular flexibility index (Phi) is 11.8. The van der Waals surface area contributed by atoms with Crippen LogP contribution in [0, 0.1) is 20.2 Å². The average Bonchev–Trinajstić information content (AvgIpc) is 3.18. The Bertz CT molecular complexity index is 1310. The monoisotopic (exact) mass is 605 g/mol. The molecule has 2 aromatic carbocycles. The van der Waals surface area contributed by atoms with Gasteiger partial charge in [-0.05, 0) is 44.1 Å². The van der Waals surface area contributed by atoms with Crippen LogP contribution in [0.4, 0.5) is 17.1 Å². The number of benzene rings is 2. The van der Waals surface area contributed by atoms with Gasteiger partial charge in [-0.25, -0.2) is 0 Å². The lowest BCUT2D eigenvalue weighted by atomic mass is 9.76. The number of non-ortho nitro benzene ring substituents is 1. The van der Waals surface area contributed by atoms with E-state index in [4.69, 9.17) is 4.74 Å². The first-order valence-corrected chi connectivity index (χ1v) is 16.9. The summed E-state index contributed by atoms with van der Waals surface area (Å²) in [5, 5.41) is 23.5. The number of nitro groups is 2. The van der Waals surface area contributed by atoms with Crippen LogP contribution in [0.5, 0.6) is 5.75 Å². The van der Waals surface area contributed by atoms with Crippen LogP contribution < -0.4 is 9.64 Å². The molecule has 240 valence electrons. The van der Waals surface area contributed by atoms with E-state index >= 15 is 0 Å². The Labute approximate surface area is 263 Å². The maximum atomic E-state index is 12.0. The fraction of sp³-hybridized carbons (Fsp3) is 0.611. The summed E-state index contributed by atoms with van der Waals surface area (Å²) in [4.78, 5) is 24.5. The van der Waals surface area contributed by atoms with E-state index in [-0.39, 0.29) is 17.1 Å². The minimum absolute atomic E-state index is 0.0842. The second kappa shape index (κ2) is 15.5. The number of ether oxygens (including phenoxy) is 1. The molecule has 0 saturated carbocycles. The third-order valence-electron chi connectivity index (χ3n) is 9.64. The van der Waals surface area contributed by atoms with Gasteiger partial charge in [-0.1, -0.05) is 121 Å². The summed E-state index contributed by atoms with van der Waals surface area (Å²) < 4.78 is 6.67. The molecule has 4 rings (SSSR count). The second-order valence-corrected chi connectivity index (χ2v) is 13.1. The summed E-state index contributed by atoms with van der Waals surface area (Å²) in [5.74, 6) is 0.0842. The third kappa shape index (κ3) is 7.44. The van der Waals surface area contributed by atoms with Crippen molar-refractivity contribution in [2.24, 2.45) is 0 Å². The molecule has 1 unspecified atom stereocenters. The molecular weight excluding hydrogens is 554 g/mol. The lowest BCUT2D eigenvalue weighted by molar-refractivity contribution is -0.395. The van der Waals surface area contributed by atoms with E-state index in [1.54, 1.807) is 6.08 Å². The van der Waals surface area contributed by atoms with Gasteiger partial charge in [0.2, 0.25) is 11.5 Å².